The molecule has 0 aliphatic carbocycles. The second-order valence-electron chi connectivity index (χ2n) is 6.83. The maximum absolute atomic E-state index is 12.5. The van der Waals surface area contributed by atoms with E-state index in [2.05, 4.69) is 20.4 Å². The molecule has 12 heteroatoms. The van der Waals surface area contributed by atoms with E-state index in [1.165, 1.54) is 4.90 Å². The predicted molar refractivity (Wildman–Crippen MR) is 112 cm³/mol. The van der Waals surface area contributed by atoms with Crippen LogP contribution in [0.15, 0.2) is 29.3 Å². The molecule has 0 amide bonds. The van der Waals surface area contributed by atoms with Crippen molar-refractivity contribution in [2.75, 3.05) is 33.3 Å². The second kappa shape index (κ2) is 11.9. The normalized spacial score (nSPS) is 18.2. The van der Waals surface area contributed by atoms with Crippen molar-refractivity contribution in [3.8, 4) is 0 Å². The summed E-state index contributed by atoms with van der Waals surface area (Å²) in [6, 6.07) is 6.75. The van der Waals surface area contributed by atoms with Crippen LogP contribution < -0.4 is 10.6 Å². The fourth-order valence-electron chi connectivity index (χ4n) is 3.04. The van der Waals surface area contributed by atoms with Crippen molar-refractivity contribution >= 4 is 29.9 Å². The molecule has 1 aromatic rings. The van der Waals surface area contributed by atoms with Crippen molar-refractivity contribution in [3.63, 3.8) is 0 Å². The smallest absolute Gasteiger partial charge is 0.367 e. The van der Waals surface area contributed by atoms with Crippen molar-refractivity contribution in [2.45, 2.75) is 38.0 Å². The summed E-state index contributed by atoms with van der Waals surface area (Å²) in [5.41, 5.74) is 1.42. The van der Waals surface area contributed by atoms with Gasteiger partial charge in [0.15, 0.2) is 5.96 Å². The van der Waals surface area contributed by atoms with Crippen molar-refractivity contribution in [2.24, 2.45) is 4.99 Å². The molecule has 1 unspecified atom stereocenters. The standard InChI is InChI=1S/C18H24F6N4O.HI/c1-25-16(27-15-5-6-28(9-15)11-17(19,20)21)26-8-13-3-2-4-14(7-13)10-29-12-18(22,23)24;/h2-4,7,15H,5-6,8-12H2,1H3,(H2,25,26,27);1H. The van der Waals surface area contributed by atoms with E-state index in [1.54, 1.807) is 31.3 Å². The minimum Gasteiger partial charge on any atom is -0.367 e. The van der Waals surface area contributed by atoms with E-state index in [9.17, 15) is 26.3 Å². The zero-order valence-electron chi connectivity index (χ0n) is 16.3. The molecule has 5 nitrogen and oxygen atoms in total. The van der Waals surface area contributed by atoms with E-state index in [4.69, 9.17) is 0 Å². The minimum atomic E-state index is -4.37. The summed E-state index contributed by atoms with van der Waals surface area (Å²) in [6.07, 6.45) is -8.01. The Labute approximate surface area is 188 Å². The predicted octanol–water partition coefficient (Wildman–Crippen LogP) is 3.69. The lowest BCUT2D eigenvalue weighted by Crippen LogP contribution is -2.44. The van der Waals surface area contributed by atoms with Gasteiger partial charge in [0.2, 0.25) is 0 Å². The molecule has 2 N–H and O–H groups in total. The molecular formula is C18H25F6IN4O. The molecule has 1 saturated heterocycles. The number of alkyl halides is 6. The largest absolute Gasteiger partial charge is 0.411 e. The van der Waals surface area contributed by atoms with Gasteiger partial charge in [-0.1, -0.05) is 24.3 Å². The first-order valence-electron chi connectivity index (χ1n) is 9.03. The zero-order valence-corrected chi connectivity index (χ0v) is 18.6. The van der Waals surface area contributed by atoms with Crippen LogP contribution in [0.2, 0.25) is 0 Å². The summed E-state index contributed by atoms with van der Waals surface area (Å²) < 4.78 is 78.5. The Kier molecular flexibility index (Phi) is 10.6. The Hall–Kier alpha value is -1.28. The van der Waals surface area contributed by atoms with Crippen LogP contribution in [-0.4, -0.2) is 62.5 Å². The van der Waals surface area contributed by atoms with E-state index in [0.717, 1.165) is 5.56 Å². The van der Waals surface area contributed by atoms with Gasteiger partial charge >= 0.3 is 12.4 Å². The molecule has 172 valence electrons. The maximum Gasteiger partial charge on any atom is 0.411 e. The van der Waals surface area contributed by atoms with Gasteiger partial charge in [0.1, 0.15) is 6.61 Å². The molecule has 0 radical (unpaired) electrons. The van der Waals surface area contributed by atoms with Gasteiger partial charge in [0, 0.05) is 32.7 Å². The van der Waals surface area contributed by atoms with Gasteiger partial charge in [-0.25, -0.2) is 0 Å². The Balaban J connectivity index is 0.00000450. The van der Waals surface area contributed by atoms with Crippen LogP contribution in [0.4, 0.5) is 26.3 Å². The van der Waals surface area contributed by atoms with Crippen LogP contribution in [0.5, 0.6) is 0 Å². The summed E-state index contributed by atoms with van der Waals surface area (Å²) in [6.45, 7) is -1.41. The second-order valence-corrected chi connectivity index (χ2v) is 6.83. The molecule has 1 aromatic carbocycles. The molecule has 0 aromatic heterocycles. The minimum absolute atomic E-state index is 0. The molecule has 1 fully saturated rings. The molecule has 1 aliphatic rings. The van der Waals surface area contributed by atoms with Gasteiger partial charge in [-0.2, -0.15) is 26.3 Å². The quantitative estimate of drug-likeness (QED) is 0.234. The average molecular weight is 554 g/mol. The fraction of sp³-hybridized carbons (Fsp3) is 0.611. The van der Waals surface area contributed by atoms with Gasteiger partial charge in [0.05, 0.1) is 13.2 Å². The summed E-state index contributed by atoms with van der Waals surface area (Å²) in [5.74, 6) is 0.447. The Morgan fingerprint density at radius 2 is 1.87 bits per heavy atom. The number of guanidine groups is 1. The number of aliphatic imine (C=N–C) groups is 1. The maximum atomic E-state index is 12.5. The molecule has 1 atom stereocenters. The van der Waals surface area contributed by atoms with Crippen LogP contribution in [0.1, 0.15) is 17.5 Å². The van der Waals surface area contributed by atoms with Crippen molar-refractivity contribution in [1.29, 1.82) is 0 Å². The number of hydrogen-bond acceptors (Lipinski definition) is 3. The summed E-state index contributed by atoms with van der Waals surface area (Å²) in [7, 11) is 1.55. The highest BCUT2D eigenvalue weighted by molar-refractivity contribution is 14.0. The molecule has 0 spiro atoms. The van der Waals surface area contributed by atoms with Crippen LogP contribution >= 0.6 is 24.0 Å². The molecule has 1 heterocycles. The highest BCUT2D eigenvalue weighted by Gasteiger charge is 2.34. The number of nitrogens with one attached hydrogen (secondary N) is 2. The lowest BCUT2D eigenvalue weighted by molar-refractivity contribution is -0.176. The van der Waals surface area contributed by atoms with E-state index in [0.29, 0.717) is 31.0 Å². The topological polar surface area (TPSA) is 48.9 Å². The first kappa shape index (κ1) is 26.8. The third-order valence-electron chi connectivity index (χ3n) is 4.23. The van der Waals surface area contributed by atoms with Crippen LogP contribution in [0.3, 0.4) is 0 Å². The molecular weight excluding hydrogens is 529 g/mol. The monoisotopic (exact) mass is 554 g/mol. The van der Waals surface area contributed by atoms with Crippen LogP contribution in [0, 0.1) is 0 Å². The highest BCUT2D eigenvalue weighted by Crippen LogP contribution is 2.20. The van der Waals surface area contributed by atoms with Crippen LogP contribution in [-0.2, 0) is 17.9 Å². The molecule has 2 rings (SSSR count). The highest BCUT2D eigenvalue weighted by atomic mass is 127. The van der Waals surface area contributed by atoms with E-state index >= 15 is 0 Å². The van der Waals surface area contributed by atoms with Gasteiger partial charge in [-0.3, -0.25) is 9.89 Å². The molecule has 0 bridgehead atoms. The average Bonchev–Trinajstić information content (AvgIpc) is 3.03. The number of likely N-dealkylation sites (tertiary alicyclic amines) is 1. The summed E-state index contributed by atoms with van der Waals surface area (Å²) >= 11 is 0. The fourth-order valence-corrected chi connectivity index (χ4v) is 3.04. The number of nitrogens with zero attached hydrogens (tertiary/aromatic N) is 2. The molecule has 1 aliphatic heterocycles. The molecule has 0 saturated carbocycles. The van der Waals surface area contributed by atoms with Gasteiger partial charge in [0.25, 0.3) is 0 Å². The zero-order chi connectivity index (χ0) is 21.5. The van der Waals surface area contributed by atoms with Crippen molar-refractivity contribution in [1.82, 2.24) is 15.5 Å². The van der Waals surface area contributed by atoms with Crippen molar-refractivity contribution < 1.29 is 31.1 Å². The lowest BCUT2D eigenvalue weighted by atomic mass is 10.1. The van der Waals surface area contributed by atoms with Crippen LogP contribution in [0.25, 0.3) is 0 Å². The Morgan fingerprint density at radius 1 is 1.17 bits per heavy atom. The van der Waals surface area contributed by atoms with Gasteiger partial charge in [-0.15, -0.1) is 24.0 Å². The number of rotatable bonds is 7. The number of hydrogen-bond donors (Lipinski definition) is 2. The molecule has 30 heavy (non-hydrogen) atoms. The number of benzene rings is 1. The first-order valence-corrected chi connectivity index (χ1v) is 9.03. The SMILES string of the molecule is CN=C(NCc1cccc(COCC(F)(F)F)c1)NC1CCN(CC(F)(F)F)C1.I. The van der Waals surface area contributed by atoms with Crippen molar-refractivity contribution in [3.05, 3.63) is 35.4 Å². The van der Waals surface area contributed by atoms with Gasteiger partial charge < -0.3 is 15.4 Å². The van der Waals surface area contributed by atoms with Gasteiger partial charge in [-0.05, 0) is 17.5 Å². The van der Waals surface area contributed by atoms with E-state index in [1.807, 2.05) is 0 Å². The first-order chi connectivity index (χ1) is 13.5. The lowest BCUT2D eigenvalue weighted by Gasteiger charge is -2.20. The Bertz CT molecular complexity index is 683. The van der Waals surface area contributed by atoms with E-state index < -0.39 is 25.5 Å². The number of halogens is 7. The van der Waals surface area contributed by atoms with E-state index in [-0.39, 0.29) is 43.2 Å². The third kappa shape index (κ3) is 10.7. The Morgan fingerprint density at radius 3 is 2.50 bits per heavy atom. The summed E-state index contributed by atoms with van der Waals surface area (Å²) in [5, 5.41) is 6.16. The third-order valence-corrected chi connectivity index (χ3v) is 4.23. The number of ether oxygens (including phenoxy) is 1. The summed E-state index contributed by atoms with van der Waals surface area (Å²) in [4.78, 5) is 5.41.